The molecule has 1 aromatic carbocycles. The standard InChI is InChI=1S/C16H19F2N3O2/c17-12-3-1-2-10(15(12)18)9-21-7-6-19-16(23)13(21)8-14(22)20-11-4-5-11/h1-3,11,13H,4-9H2,(H,19,23)(H,20,22). The van der Waals surface area contributed by atoms with E-state index in [1.807, 2.05) is 0 Å². The molecule has 3 rings (SSSR count). The van der Waals surface area contributed by atoms with Gasteiger partial charge in [0.1, 0.15) is 0 Å². The Labute approximate surface area is 133 Å². The number of benzene rings is 1. The third kappa shape index (κ3) is 3.85. The number of halogens is 2. The summed E-state index contributed by atoms with van der Waals surface area (Å²) in [6.45, 7) is 1.01. The molecule has 2 N–H and O–H groups in total. The molecule has 23 heavy (non-hydrogen) atoms. The van der Waals surface area contributed by atoms with Gasteiger partial charge in [-0.05, 0) is 18.9 Å². The summed E-state index contributed by atoms with van der Waals surface area (Å²) in [6.07, 6.45) is 1.97. The van der Waals surface area contributed by atoms with Crippen molar-refractivity contribution >= 4 is 11.8 Å². The first-order valence-corrected chi connectivity index (χ1v) is 7.78. The number of rotatable bonds is 5. The van der Waals surface area contributed by atoms with Crippen LogP contribution in [0.15, 0.2) is 18.2 Å². The molecule has 1 saturated heterocycles. The number of nitrogens with one attached hydrogen (secondary N) is 2. The van der Waals surface area contributed by atoms with Crippen molar-refractivity contribution < 1.29 is 18.4 Å². The van der Waals surface area contributed by atoms with Gasteiger partial charge in [0, 0.05) is 31.2 Å². The molecule has 1 aromatic rings. The summed E-state index contributed by atoms with van der Waals surface area (Å²) < 4.78 is 27.2. The monoisotopic (exact) mass is 323 g/mol. The van der Waals surface area contributed by atoms with E-state index in [9.17, 15) is 18.4 Å². The number of carbonyl (C=O) groups excluding carboxylic acids is 2. The molecule has 0 aromatic heterocycles. The van der Waals surface area contributed by atoms with Gasteiger partial charge in [-0.15, -0.1) is 0 Å². The van der Waals surface area contributed by atoms with E-state index < -0.39 is 17.7 Å². The van der Waals surface area contributed by atoms with Crippen LogP contribution in [0.25, 0.3) is 0 Å². The average Bonchev–Trinajstić information content (AvgIpc) is 3.31. The molecule has 1 unspecified atom stereocenters. The number of hydrogen-bond acceptors (Lipinski definition) is 3. The van der Waals surface area contributed by atoms with Crippen LogP contribution in [0.1, 0.15) is 24.8 Å². The lowest BCUT2D eigenvalue weighted by Gasteiger charge is -2.34. The van der Waals surface area contributed by atoms with Crippen LogP contribution in [-0.4, -0.2) is 41.9 Å². The second kappa shape index (κ2) is 6.62. The van der Waals surface area contributed by atoms with Crippen LogP contribution in [-0.2, 0) is 16.1 Å². The molecule has 7 heteroatoms. The van der Waals surface area contributed by atoms with Crippen LogP contribution in [0.3, 0.4) is 0 Å². The van der Waals surface area contributed by atoms with Crippen molar-refractivity contribution in [2.45, 2.75) is 37.9 Å². The van der Waals surface area contributed by atoms with E-state index >= 15 is 0 Å². The minimum atomic E-state index is -0.910. The van der Waals surface area contributed by atoms with Crippen LogP contribution in [0.4, 0.5) is 8.78 Å². The highest BCUT2D eigenvalue weighted by Crippen LogP contribution is 2.21. The van der Waals surface area contributed by atoms with Crippen LogP contribution >= 0.6 is 0 Å². The van der Waals surface area contributed by atoms with Gasteiger partial charge in [0.05, 0.1) is 12.5 Å². The van der Waals surface area contributed by atoms with Crippen LogP contribution in [0, 0.1) is 11.6 Å². The molecule has 1 heterocycles. The molecule has 1 atom stereocenters. The smallest absolute Gasteiger partial charge is 0.237 e. The van der Waals surface area contributed by atoms with Crippen molar-refractivity contribution in [1.29, 1.82) is 0 Å². The van der Waals surface area contributed by atoms with E-state index in [-0.39, 0.29) is 36.4 Å². The second-order valence-electron chi connectivity index (χ2n) is 6.04. The molecular formula is C16H19F2N3O2. The maximum Gasteiger partial charge on any atom is 0.237 e. The summed E-state index contributed by atoms with van der Waals surface area (Å²) in [4.78, 5) is 25.8. The van der Waals surface area contributed by atoms with E-state index in [2.05, 4.69) is 10.6 Å². The van der Waals surface area contributed by atoms with Crippen molar-refractivity contribution in [2.24, 2.45) is 0 Å². The molecule has 0 radical (unpaired) electrons. The number of carbonyl (C=O) groups is 2. The topological polar surface area (TPSA) is 61.4 Å². The fourth-order valence-electron chi connectivity index (χ4n) is 2.75. The molecule has 1 saturated carbocycles. The summed E-state index contributed by atoms with van der Waals surface area (Å²) >= 11 is 0. The van der Waals surface area contributed by atoms with Gasteiger partial charge >= 0.3 is 0 Å². The Morgan fingerprint density at radius 3 is 2.87 bits per heavy atom. The minimum Gasteiger partial charge on any atom is -0.353 e. The molecule has 124 valence electrons. The fraction of sp³-hybridized carbons (Fsp3) is 0.500. The average molecular weight is 323 g/mol. The molecular weight excluding hydrogens is 304 g/mol. The molecule has 5 nitrogen and oxygen atoms in total. The summed E-state index contributed by atoms with van der Waals surface area (Å²) in [6, 6.07) is 3.55. The Balaban J connectivity index is 1.70. The summed E-state index contributed by atoms with van der Waals surface area (Å²) in [5, 5.41) is 5.57. The number of hydrogen-bond donors (Lipinski definition) is 2. The zero-order valence-corrected chi connectivity index (χ0v) is 12.6. The van der Waals surface area contributed by atoms with E-state index in [0.717, 1.165) is 18.9 Å². The van der Waals surface area contributed by atoms with E-state index in [4.69, 9.17) is 0 Å². The van der Waals surface area contributed by atoms with Crippen LogP contribution < -0.4 is 10.6 Å². The van der Waals surface area contributed by atoms with Gasteiger partial charge in [-0.2, -0.15) is 0 Å². The Kier molecular flexibility index (Phi) is 4.56. The second-order valence-corrected chi connectivity index (χ2v) is 6.04. The van der Waals surface area contributed by atoms with Crippen LogP contribution in [0.5, 0.6) is 0 Å². The Morgan fingerprint density at radius 1 is 1.35 bits per heavy atom. The van der Waals surface area contributed by atoms with Gasteiger partial charge in [-0.1, -0.05) is 12.1 Å². The highest BCUT2D eigenvalue weighted by Gasteiger charge is 2.33. The van der Waals surface area contributed by atoms with Gasteiger partial charge in [-0.3, -0.25) is 14.5 Å². The molecule has 0 bridgehead atoms. The first kappa shape index (κ1) is 15.9. The normalized spacial score (nSPS) is 21.8. The van der Waals surface area contributed by atoms with E-state index in [1.165, 1.54) is 12.1 Å². The lowest BCUT2D eigenvalue weighted by Crippen LogP contribution is -2.56. The van der Waals surface area contributed by atoms with Crippen LogP contribution in [0.2, 0.25) is 0 Å². The number of piperazine rings is 1. The minimum absolute atomic E-state index is 0.0271. The predicted octanol–water partition coefficient (Wildman–Crippen LogP) is 0.934. The fourth-order valence-corrected chi connectivity index (χ4v) is 2.75. The predicted molar refractivity (Wildman–Crippen MR) is 79.3 cm³/mol. The van der Waals surface area contributed by atoms with E-state index in [0.29, 0.717) is 13.1 Å². The first-order valence-electron chi connectivity index (χ1n) is 7.78. The van der Waals surface area contributed by atoms with Gasteiger partial charge in [0.2, 0.25) is 11.8 Å². The Hall–Kier alpha value is -2.02. The lowest BCUT2D eigenvalue weighted by molar-refractivity contribution is -0.134. The van der Waals surface area contributed by atoms with Gasteiger partial charge in [0.25, 0.3) is 0 Å². The molecule has 2 amide bonds. The molecule has 1 aliphatic heterocycles. The van der Waals surface area contributed by atoms with Crippen molar-refractivity contribution in [3.63, 3.8) is 0 Å². The Morgan fingerprint density at radius 2 is 2.13 bits per heavy atom. The molecule has 0 spiro atoms. The quantitative estimate of drug-likeness (QED) is 0.848. The van der Waals surface area contributed by atoms with Crippen molar-refractivity contribution in [3.8, 4) is 0 Å². The molecule has 1 aliphatic carbocycles. The third-order valence-corrected chi connectivity index (χ3v) is 4.17. The van der Waals surface area contributed by atoms with Crippen molar-refractivity contribution in [2.75, 3.05) is 13.1 Å². The summed E-state index contributed by atoms with van der Waals surface area (Å²) in [5.74, 6) is -2.25. The largest absolute Gasteiger partial charge is 0.353 e. The van der Waals surface area contributed by atoms with Gasteiger partial charge in [0.15, 0.2) is 11.6 Å². The SMILES string of the molecule is O=C(CC1C(=O)NCCN1Cc1cccc(F)c1F)NC1CC1. The highest BCUT2D eigenvalue weighted by molar-refractivity contribution is 5.89. The molecule has 2 aliphatic rings. The van der Waals surface area contributed by atoms with Crippen molar-refractivity contribution in [1.82, 2.24) is 15.5 Å². The summed E-state index contributed by atoms with van der Waals surface area (Å²) in [7, 11) is 0. The maximum absolute atomic E-state index is 13.8. The lowest BCUT2D eigenvalue weighted by atomic mass is 10.1. The van der Waals surface area contributed by atoms with Crippen molar-refractivity contribution in [3.05, 3.63) is 35.4 Å². The third-order valence-electron chi connectivity index (χ3n) is 4.17. The number of amides is 2. The van der Waals surface area contributed by atoms with Gasteiger partial charge < -0.3 is 10.6 Å². The zero-order chi connectivity index (χ0) is 16.4. The Bertz CT molecular complexity index is 619. The van der Waals surface area contributed by atoms with E-state index in [1.54, 1.807) is 4.90 Å². The summed E-state index contributed by atoms with van der Waals surface area (Å²) in [5.41, 5.74) is 0.187. The van der Waals surface area contributed by atoms with Gasteiger partial charge in [-0.25, -0.2) is 8.78 Å². The highest BCUT2D eigenvalue weighted by atomic mass is 19.2. The maximum atomic E-state index is 13.8. The first-order chi connectivity index (χ1) is 11.0. The molecule has 2 fully saturated rings. The number of nitrogens with zero attached hydrogens (tertiary/aromatic N) is 1. The zero-order valence-electron chi connectivity index (χ0n) is 12.6.